The summed E-state index contributed by atoms with van der Waals surface area (Å²) in [6.07, 6.45) is 8.78. The molecule has 1 N–H and O–H groups in total. The smallest absolute Gasteiger partial charge is 0.193 e. The van der Waals surface area contributed by atoms with Crippen molar-refractivity contribution in [2.24, 2.45) is 10.9 Å². The fourth-order valence-corrected chi connectivity index (χ4v) is 3.20. The second-order valence-corrected chi connectivity index (χ2v) is 6.91. The third-order valence-corrected chi connectivity index (χ3v) is 4.86. The molecule has 1 aromatic rings. The van der Waals surface area contributed by atoms with Gasteiger partial charge in [-0.1, -0.05) is 12.0 Å². The first kappa shape index (κ1) is 25.4. The molecule has 0 aromatic heterocycles. The molecule has 1 saturated heterocycles. The molecule has 1 aliphatic heterocycles. The van der Waals surface area contributed by atoms with Crippen molar-refractivity contribution in [3.63, 3.8) is 0 Å². The molecule has 0 radical (unpaired) electrons. The largest absolute Gasteiger partial charge is 0.493 e. The van der Waals surface area contributed by atoms with E-state index in [1.54, 1.807) is 7.11 Å². The zero-order valence-corrected chi connectivity index (χ0v) is 20.1. The van der Waals surface area contributed by atoms with Gasteiger partial charge in [-0.3, -0.25) is 0 Å². The first-order valence-electron chi connectivity index (χ1n) is 9.98. The summed E-state index contributed by atoms with van der Waals surface area (Å²) in [5.74, 6) is 5.45. The standard InChI is InChI=1S/C22H33N3O3.HI/c1-5-13-28-21-16-19(7-8-20(21)26-4)17-24-22(23-6-2)25(3)12-9-18-10-14-27-15-11-18;/h1,7-8,16,18H,6,9-15,17H2,2-4H3,(H,23,24);1H. The molecule has 7 heteroatoms. The van der Waals surface area contributed by atoms with E-state index in [0.29, 0.717) is 18.0 Å². The van der Waals surface area contributed by atoms with E-state index < -0.39 is 0 Å². The van der Waals surface area contributed by atoms with Crippen LogP contribution in [0.2, 0.25) is 0 Å². The molecule has 0 atom stereocenters. The Bertz CT molecular complexity index is 670. The molecule has 0 aliphatic carbocycles. The topological polar surface area (TPSA) is 55.3 Å². The fourth-order valence-electron chi connectivity index (χ4n) is 3.20. The van der Waals surface area contributed by atoms with Crippen LogP contribution < -0.4 is 14.8 Å². The maximum Gasteiger partial charge on any atom is 0.193 e. The van der Waals surface area contributed by atoms with E-state index in [0.717, 1.165) is 63.0 Å². The highest BCUT2D eigenvalue weighted by Gasteiger charge is 2.15. The molecule has 1 aromatic carbocycles. The lowest BCUT2D eigenvalue weighted by Crippen LogP contribution is -2.40. The van der Waals surface area contributed by atoms with Crippen LogP contribution >= 0.6 is 24.0 Å². The minimum Gasteiger partial charge on any atom is -0.493 e. The van der Waals surface area contributed by atoms with E-state index in [-0.39, 0.29) is 30.6 Å². The number of halogens is 1. The molecule has 6 nitrogen and oxygen atoms in total. The number of nitrogens with one attached hydrogen (secondary N) is 1. The second-order valence-electron chi connectivity index (χ2n) is 6.91. The van der Waals surface area contributed by atoms with E-state index >= 15 is 0 Å². The number of aliphatic imine (C=N–C) groups is 1. The van der Waals surface area contributed by atoms with Crippen molar-refractivity contribution in [1.82, 2.24) is 10.2 Å². The normalized spacial score (nSPS) is 14.5. The zero-order chi connectivity index (χ0) is 20.2. The van der Waals surface area contributed by atoms with Gasteiger partial charge in [-0.15, -0.1) is 30.4 Å². The maximum absolute atomic E-state index is 5.58. The van der Waals surface area contributed by atoms with Crippen molar-refractivity contribution in [3.05, 3.63) is 23.8 Å². The Balaban J connectivity index is 0.00000420. The Morgan fingerprint density at radius 3 is 2.76 bits per heavy atom. The van der Waals surface area contributed by atoms with Gasteiger partial charge in [0.2, 0.25) is 0 Å². The van der Waals surface area contributed by atoms with Crippen LogP contribution in [0.3, 0.4) is 0 Å². The second kappa shape index (κ2) is 14.3. The van der Waals surface area contributed by atoms with Crippen molar-refractivity contribution in [2.75, 3.05) is 47.1 Å². The van der Waals surface area contributed by atoms with Crippen LogP contribution in [0.1, 0.15) is 31.7 Å². The Kier molecular flexibility index (Phi) is 12.6. The lowest BCUT2D eigenvalue weighted by molar-refractivity contribution is 0.0625. The summed E-state index contributed by atoms with van der Waals surface area (Å²) >= 11 is 0. The van der Waals surface area contributed by atoms with E-state index in [1.807, 2.05) is 18.2 Å². The molecule has 0 bridgehead atoms. The van der Waals surface area contributed by atoms with Gasteiger partial charge in [-0.05, 0) is 49.8 Å². The summed E-state index contributed by atoms with van der Waals surface area (Å²) < 4.78 is 16.4. The monoisotopic (exact) mass is 515 g/mol. The van der Waals surface area contributed by atoms with Gasteiger partial charge in [0.1, 0.15) is 6.61 Å². The van der Waals surface area contributed by atoms with Crippen molar-refractivity contribution in [1.29, 1.82) is 0 Å². The van der Waals surface area contributed by atoms with E-state index in [1.165, 1.54) is 0 Å². The SMILES string of the molecule is C#CCOc1cc(CN=C(NCC)N(C)CCC2CCOCC2)ccc1OC.I. The van der Waals surface area contributed by atoms with Gasteiger partial charge in [-0.25, -0.2) is 4.99 Å². The highest BCUT2D eigenvalue weighted by Crippen LogP contribution is 2.28. The molecule has 0 unspecified atom stereocenters. The predicted molar refractivity (Wildman–Crippen MR) is 128 cm³/mol. The quantitative estimate of drug-likeness (QED) is 0.236. The lowest BCUT2D eigenvalue weighted by atomic mass is 9.96. The summed E-state index contributed by atoms with van der Waals surface area (Å²) in [4.78, 5) is 7.00. The number of ether oxygens (including phenoxy) is 3. The molecule has 0 amide bonds. The highest BCUT2D eigenvalue weighted by atomic mass is 127. The number of guanidine groups is 1. The molecular weight excluding hydrogens is 481 g/mol. The Morgan fingerprint density at radius 2 is 2.10 bits per heavy atom. The number of hydrogen-bond donors (Lipinski definition) is 1. The number of nitrogens with zero attached hydrogens (tertiary/aromatic N) is 2. The van der Waals surface area contributed by atoms with Crippen LogP contribution in [0, 0.1) is 18.3 Å². The van der Waals surface area contributed by atoms with E-state index in [9.17, 15) is 0 Å². The summed E-state index contributed by atoms with van der Waals surface area (Å²) in [5, 5.41) is 3.38. The third-order valence-electron chi connectivity index (χ3n) is 4.86. The van der Waals surface area contributed by atoms with Crippen LogP contribution in [0.15, 0.2) is 23.2 Å². The van der Waals surface area contributed by atoms with Gasteiger partial charge in [-0.2, -0.15) is 0 Å². The Hall–Kier alpha value is -1.66. The molecule has 0 saturated carbocycles. The van der Waals surface area contributed by atoms with Crippen molar-refractivity contribution >= 4 is 29.9 Å². The molecule has 1 aliphatic rings. The average molecular weight is 515 g/mol. The number of benzene rings is 1. The minimum absolute atomic E-state index is 0. The van der Waals surface area contributed by atoms with Crippen LogP contribution in [0.5, 0.6) is 11.5 Å². The fraction of sp³-hybridized carbons (Fsp3) is 0.591. The number of hydrogen-bond acceptors (Lipinski definition) is 4. The van der Waals surface area contributed by atoms with Gasteiger partial charge in [0.25, 0.3) is 0 Å². The van der Waals surface area contributed by atoms with E-state index in [4.69, 9.17) is 25.6 Å². The van der Waals surface area contributed by atoms with Crippen LogP contribution in [0.4, 0.5) is 0 Å². The first-order chi connectivity index (χ1) is 13.7. The molecule has 1 fully saturated rings. The summed E-state index contributed by atoms with van der Waals surface area (Å²) in [6, 6.07) is 5.82. The lowest BCUT2D eigenvalue weighted by Gasteiger charge is -2.26. The highest BCUT2D eigenvalue weighted by molar-refractivity contribution is 14.0. The Morgan fingerprint density at radius 1 is 1.34 bits per heavy atom. The first-order valence-corrected chi connectivity index (χ1v) is 9.98. The Labute approximate surface area is 192 Å². The average Bonchev–Trinajstić information content (AvgIpc) is 2.74. The molecule has 2 rings (SSSR count). The van der Waals surface area contributed by atoms with Crippen molar-refractivity contribution in [2.45, 2.75) is 32.7 Å². The van der Waals surface area contributed by atoms with Crippen molar-refractivity contribution < 1.29 is 14.2 Å². The summed E-state index contributed by atoms with van der Waals surface area (Å²) in [5.41, 5.74) is 1.04. The van der Waals surface area contributed by atoms with Crippen molar-refractivity contribution in [3.8, 4) is 23.8 Å². The van der Waals surface area contributed by atoms with Gasteiger partial charge < -0.3 is 24.4 Å². The summed E-state index contributed by atoms with van der Waals surface area (Å²) in [6.45, 7) is 6.45. The van der Waals surface area contributed by atoms with Gasteiger partial charge >= 0.3 is 0 Å². The minimum atomic E-state index is 0. The molecule has 162 valence electrons. The molecule has 29 heavy (non-hydrogen) atoms. The van der Waals surface area contributed by atoms with Crippen LogP contribution in [-0.2, 0) is 11.3 Å². The number of methoxy groups -OCH3 is 1. The van der Waals surface area contributed by atoms with Crippen LogP contribution in [-0.4, -0.2) is 57.9 Å². The predicted octanol–water partition coefficient (Wildman–Crippen LogP) is 3.54. The van der Waals surface area contributed by atoms with Crippen LogP contribution in [0.25, 0.3) is 0 Å². The van der Waals surface area contributed by atoms with E-state index in [2.05, 4.69) is 30.1 Å². The summed E-state index contributed by atoms with van der Waals surface area (Å²) in [7, 11) is 3.71. The van der Waals surface area contributed by atoms with Gasteiger partial charge in [0, 0.05) is 33.4 Å². The van der Waals surface area contributed by atoms with Gasteiger partial charge in [0.15, 0.2) is 17.5 Å². The molecular formula is C22H34IN3O3. The molecule has 0 spiro atoms. The number of terminal acetylenes is 1. The third kappa shape index (κ3) is 8.70. The van der Waals surface area contributed by atoms with Gasteiger partial charge in [0.05, 0.1) is 13.7 Å². The number of rotatable bonds is 9. The maximum atomic E-state index is 5.58. The molecule has 1 heterocycles. The zero-order valence-electron chi connectivity index (χ0n) is 17.8.